The van der Waals surface area contributed by atoms with Crippen LogP contribution in [0.5, 0.6) is 0 Å². The largest absolute Gasteiger partial charge is 0.265 e. The molecule has 3 rings (SSSR count). The summed E-state index contributed by atoms with van der Waals surface area (Å²) < 4.78 is 8.20. The Morgan fingerprint density at radius 3 is 2.16 bits per heavy atom. The minimum Gasteiger partial charge on any atom is -0.265 e. The van der Waals surface area contributed by atoms with Gasteiger partial charge in [0.05, 0.1) is 12.9 Å². The van der Waals surface area contributed by atoms with Crippen LogP contribution in [0.3, 0.4) is 0 Å². The van der Waals surface area contributed by atoms with Crippen LogP contribution in [0.1, 0.15) is 44.7 Å². The number of hydrogen-bond acceptors (Lipinski definition) is 2. The van der Waals surface area contributed by atoms with Gasteiger partial charge in [-0.1, -0.05) is 26.8 Å². The first-order valence-electron chi connectivity index (χ1n) is 9.20. The Morgan fingerprint density at radius 1 is 0.960 bits per heavy atom. The predicted molar refractivity (Wildman–Crippen MR) is 109 cm³/mol. The van der Waals surface area contributed by atoms with Gasteiger partial charge in [0.1, 0.15) is 0 Å². The SMILES string of the molecule is Cc1ccc(N=[P@](c2ccncc2)(N2CCCC2)C(C)(C)C)cc1C. The molecule has 2 aromatic rings. The van der Waals surface area contributed by atoms with E-state index >= 15 is 0 Å². The lowest BCUT2D eigenvalue weighted by Gasteiger charge is -2.44. The maximum absolute atomic E-state index is 5.52. The average Bonchev–Trinajstić information content (AvgIpc) is 3.10. The van der Waals surface area contributed by atoms with Gasteiger partial charge in [-0.05, 0) is 62.1 Å². The molecule has 1 aromatic heterocycles. The molecule has 0 radical (unpaired) electrons. The van der Waals surface area contributed by atoms with Crippen LogP contribution in [0.15, 0.2) is 47.5 Å². The number of aryl methyl sites for hydroxylation is 2. The van der Waals surface area contributed by atoms with Gasteiger partial charge < -0.3 is 0 Å². The monoisotopic (exact) mass is 355 g/mol. The van der Waals surface area contributed by atoms with E-state index in [1.54, 1.807) is 0 Å². The molecule has 1 aliphatic heterocycles. The summed E-state index contributed by atoms with van der Waals surface area (Å²) in [5.74, 6) is 0. The van der Waals surface area contributed by atoms with Crippen molar-refractivity contribution >= 4 is 18.2 Å². The number of pyridine rings is 1. The third-order valence-corrected chi connectivity index (χ3v) is 9.83. The molecule has 0 amide bonds. The van der Waals surface area contributed by atoms with E-state index in [9.17, 15) is 0 Å². The highest BCUT2D eigenvalue weighted by molar-refractivity contribution is 7.73. The van der Waals surface area contributed by atoms with Crippen molar-refractivity contribution < 1.29 is 0 Å². The topological polar surface area (TPSA) is 28.5 Å². The first kappa shape index (κ1) is 18.4. The second-order valence-electron chi connectivity index (χ2n) is 8.01. The summed E-state index contributed by atoms with van der Waals surface area (Å²) in [6.45, 7) is 13.7. The summed E-state index contributed by atoms with van der Waals surface area (Å²) in [6.07, 6.45) is 6.38. The fourth-order valence-electron chi connectivity index (χ4n) is 3.74. The summed E-state index contributed by atoms with van der Waals surface area (Å²) in [5.41, 5.74) is 3.74. The first-order chi connectivity index (χ1) is 11.8. The van der Waals surface area contributed by atoms with Crippen LogP contribution in [0.2, 0.25) is 0 Å². The normalized spacial score (nSPS) is 18.1. The Kier molecular flexibility index (Phi) is 5.18. The predicted octanol–water partition coefficient (Wildman–Crippen LogP) is 5.67. The summed E-state index contributed by atoms with van der Waals surface area (Å²) in [4.78, 5) is 4.26. The van der Waals surface area contributed by atoms with E-state index in [2.05, 4.69) is 74.6 Å². The zero-order valence-electron chi connectivity index (χ0n) is 16.2. The van der Waals surface area contributed by atoms with Crippen molar-refractivity contribution in [3.05, 3.63) is 53.9 Å². The van der Waals surface area contributed by atoms with Crippen molar-refractivity contribution in [3.63, 3.8) is 0 Å². The van der Waals surface area contributed by atoms with Crippen molar-refractivity contribution in [2.24, 2.45) is 4.74 Å². The first-order valence-corrected chi connectivity index (χ1v) is 10.9. The lowest BCUT2D eigenvalue weighted by atomic mass is 10.1. The van der Waals surface area contributed by atoms with Crippen LogP contribution in [0, 0.1) is 13.8 Å². The second-order valence-corrected chi connectivity index (χ2v) is 11.8. The van der Waals surface area contributed by atoms with E-state index in [1.807, 2.05) is 12.4 Å². The van der Waals surface area contributed by atoms with E-state index in [0.29, 0.717) is 0 Å². The van der Waals surface area contributed by atoms with E-state index in [1.165, 1.54) is 29.3 Å². The molecule has 0 spiro atoms. The van der Waals surface area contributed by atoms with E-state index in [-0.39, 0.29) is 5.16 Å². The van der Waals surface area contributed by atoms with E-state index in [0.717, 1.165) is 18.8 Å². The lowest BCUT2D eigenvalue weighted by molar-refractivity contribution is 0.538. The van der Waals surface area contributed by atoms with Gasteiger partial charge in [-0.25, -0.2) is 4.74 Å². The van der Waals surface area contributed by atoms with Crippen molar-refractivity contribution in [1.29, 1.82) is 0 Å². The molecule has 2 heterocycles. The summed E-state index contributed by atoms with van der Waals surface area (Å²) >= 11 is 0. The van der Waals surface area contributed by atoms with Crippen LogP contribution in [-0.2, 0) is 0 Å². The zero-order chi connectivity index (χ0) is 18.1. The van der Waals surface area contributed by atoms with Gasteiger partial charge in [-0.3, -0.25) is 9.65 Å². The smallest absolute Gasteiger partial charge is 0.0720 e. The Bertz CT molecular complexity index is 785. The highest BCUT2D eigenvalue weighted by Crippen LogP contribution is 2.64. The number of nitrogens with zero attached hydrogens (tertiary/aromatic N) is 3. The fraction of sp³-hybridized carbons (Fsp3) is 0.476. The summed E-state index contributed by atoms with van der Waals surface area (Å²) in [5, 5.41) is 1.41. The molecule has 0 unspecified atom stereocenters. The molecule has 1 aromatic carbocycles. The highest BCUT2D eigenvalue weighted by atomic mass is 31.2. The van der Waals surface area contributed by atoms with Gasteiger partial charge >= 0.3 is 0 Å². The minimum atomic E-state index is -1.92. The van der Waals surface area contributed by atoms with Gasteiger partial charge in [0.2, 0.25) is 0 Å². The van der Waals surface area contributed by atoms with Gasteiger partial charge in [0.15, 0.2) is 0 Å². The Morgan fingerprint density at radius 2 is 1.60 bits per heavy atom. The van der Waals surface area contributed by atoms with Crippen LogP contribution in [-0.4, -0.2) is 27.9 Å². The number of hydrogen-bond donors (Lipinski definition) is 0. The van der Waals surface area contributed by atoms with Crippen LogP contribution >= 0.6 is 7.21 Å². The maximum Gasteiger partial charge on any atom is 0.0720 e. The third-order valence-electron chi connectivity index (χ3n) is 5.20. The quantitative estimate of drug-likeness (QED) is 0.664. The molecular weight excluding hydrogens is 325 g/mol. The number of rotatable bonds is 3. The van der Waals surface area contributed by atoms with Gasteiger partial charge in [0.25, 0.3) is 0 Å². The van der Waals surface area contributed by atoms with Crippen molar-refractivity contribution in [2.45, 2.75) is 52.6 Å². The lowest BCUT2D eigenvalue weighted by Crippen LogP contribution is -2.35. The molecule has 1 atom stereocenters. The molecule has 1 saturated heterocycles. The van der Waals surface area contributed by atoms with E-state index < -0.39 is 7.21 Å². The van der Waals surface area contributed by atoms with Gasteiger partial charge in [-0.2, -0.15) is 0 Å². The van der Waals surface area contributed by atoms with Crippen LogP contribution in [0.25, 0.3) is 0 Å². The van der Waals surface area contributed by atoms with Crippen molar-refractivity contribution in [1.82, 2.24) is 9.65 Å². The Hall–Kier alpha value is -1.44. The molecule has 25 heavy (non-hydrogen) atoms. The molecule has 3 nitrogen and oxygen atoms in total. The van der Waals surface area contributed by atoms with Crippen LogP contribution in [0.4, 0.5) is 5.69 Å². The fourth-order valence-corrected chi connectivity index (χ4v) is 8.10. The summed E-state index contributed by atoms with van der Waals surface area (Å²) in [6, 6.07) is 11.0. The number of aromatic nitrogens is 1. The molecule has 134 valence electrons. The zero-order valence-corrected chi connectivity index (χ0v) is 17.1. The molecule has 0 saturated carbocycles. The molecule has 4 heteroatoms. The third kappa shape index (κ3) is 3.45. The number of benzene rings is 1. The maximum atomic E-state index is 5.52. The molecule has 1 aliphatic rings. The molecule has 0 bridgehead atoms. The molecule has 0 N–H and O–H groups in total. The molecule has 0 aliphatic carbocycles. The standard InChI is InChI=1S/C21H30N3P/c1-17-8-9-19(16-18(17)2)23-25(21(3,4)5,24-14-6-7-15-24)20-10-12-22-13-11-20/h8-13,16H,6-7,14-15H2,1-5H3/t25-/m1/s1. The summed E-state index contributed by atoms with van der Waals surface area (Å²) in [7, 11) is -1.92. The van der Waals surface area contributed by atoms with Gasteiger partial charge in [-0.15, -0.1) is 0 Å². The molecular formula is C21H30N3P. The Labute approximate surface area is 152 Å². The van der Waals surface area contributed by atoms with Gasteiger partial charge in [0, 0.05) is 35.9 Å². The van der Waals surface area contributed by atoms with Crippen molar-refractivity contribution in [2.75, 3.05) is 13.1 Å². The minimum absolute atomic E-state index is 0.0669. The van der Waals surface area contributed by atoms with Crippen LogP contribution < -0.4 is 5.30 Å². The molecule has 1 fully saturated rings. The van der Waals surface area contributed by atoms with E-state index in [4.69, 9.17) is 4.74 Å². The highest BCUT2D eigenvalue weighted by Gasteiger charge is 2.42. The average molecular weight is 355 g/mol. The van der Waals surface area contributed by atoms with Crippen molar-refractivity contribution in [3.8, 4) is 0 Å². The Balaban J connectivity index is 2.30. The second kappa shape index (κ2) is 7.05.